The molecule has 0 aromatic heterocycles. The van der Waals surface area contributed by atoms with Gasteiger partial charge in [-0.2, -0.15) is 0 Å². The Morgan fingerprint density at radius 2 is 1.82 bits per heavy atom. The van der Waals surface area contributed by atoms with Crippen molar-refractivity contribution in [2.75, 3.05) is 45.8 Å². The third-order valence-electron chi connectivity index (χ3n) is 3.34. The van der Waals surface area contributed by atoms with Gasteiger partial charge in [-0.15, -0.1) is 0 Å². The second kappa shape index (κ2) is 5.80. The number of piperazine rings is 1. The predicted octanol–water partition coefficient (Wildman–Crippen LogP) is -0.473. The fourth-order valence-electron chi connectivity index (χ4n) is 2.54. The quantitative estimate of drug-likeness (QED) is 0.710. The first-order valence-corrected chi connectivity index (χ1v) is 6.51. The van der Waals surface area contributed by atoms with Crippen LogP contribution in [0.1, 0.15) is 13.8 Å². The molecule has 0 aromatic rings. The number of carbonyl (C=O) groups excluding carboxylic acids is 1. The Labute approximate surface area is 103 Å². The molecule has 2 heterocycles. The summed E-state index contributed by atoms with van der Waals surface area (Å²) in [5.74, 6) is 0.244. The summed E-state index contributed by atoms with van der Waals surface area (Å²) in [6.07, 6.45) is 0.316. The lowest BCUT2D eigenvalue weighted by Gasteiger charge is -2.37. The number of morpholine rings is 1. The van der Waals surface area contributed by atoms with Crippen molar-refractivity contribution in [3.8, 4) is 0 Å². The van der Waals surface area contributed by atoms with Crippen LogP contribution in [0.2, 0.25) is 0 Å². The third-order valence-corrected chi connectivity index (χ3v) is 3.34. The van der Waals surface area contributed by atoms with E-state index < -0.39 is 0 Å². The van der Waals surface area contributed by atoms with Crippen molar-refractivity contribution in [2.24, 2.45) is 0 Å². The smallest absolute Gasteiger partial charge is 0.236 e. The highest BCUT2D eigenvalue weighted by molar-refractivity contribution is 5.78. The molecule has 1 amide bonds. The van der Waals surface area contributed by atoms with Gasteiger partial charge in [-0.05, 0) is 13.8 Å². The van der Waals surface area contributed by atoms with Crippen LogP contribution < -0.4 is 5.32 Å². The summed E-state index contributed by atoms with van der Waals surface area (Å²) in [6, 6.07) is 0. The number of hydrogen-bond acceptors (Lipinski definition) is 4. The molecule has 0 unspecified atom stereocenters. The van der Waals surface area contributed by atoms with Crippen molar-refractivity contribution < 1.29 is 9.53 Å². The summed E-state index contributed by atoms with van der Waals surface area (Å²) in [5, 5.41) is 3.30. The van der Waals surface area contributed by atoms with E-state index in [9.17, 15) is 4.79 Å². The molecule has 0 saturated carbocycles. The topological polar surface area (TPSA) is 44.8 Å². The van der Waals surface area contributed by atoms with E-state index in [1.54, 1.807) is 0 Å². The fraction of sp³-hybridized carbons (Fsp3) is 0.917. The van der Waals surface area contributed by atoms with Crippen LogP contribution in [0.25, 0.3) is 0 Å². The average molecular weight is 241 g/mol. The molecule has 0 bridgehead atoms. The predicted molar refractivity (Wildman–Crippen MR) is 65.9 cm³/mol. The lowest BCUT2D eigenvalue weighted by molar-refractivity contribution is -0.144. The molecule has 0 spiro atoms. The Morgan fingerprint density at radius 1 is 1.24 bits per heavy atom. The van der Waals surface area contributed by atoms with E-state index in [1.807, 2.05) is 18.7 Å². The molecule has 17 heavy (non-hydrogen) atoms. The summed E-state index contributed by atoms with van der Waals surface area (Å²) in [6.45, 7) is 10.0. The maximum Gasteiger partial charge on any atom is 0.236 e. The maximum atomic E-state index is 12.2. The van der Waals surface area contributed by atoms with Crippen molar-refractivity contribution in [3.05, 3.63) is 0 Å². The Morgan fingerprint density at radius 3 is 2.41 bits per heavy atom. The van der Waals surface area contributed by atoms with Crippen molar-refractivity contribution in [1.82, 2.24) is 15.1 Å². The van der Waals surface area contributed by atoms with Gasteiger partial charge in [-0.25, -0.2) is 0 Å². The van der Waals surface area contributed by atoms with Crippen LogP contribution in [0.15, 0.2) is 0 Å². The fourth-order valence-corrected chi connectivity index (χ4v) is 2.54. The van der Waals surface area contributed by atoms with Gasteiger partial charge in [0, 0.05) is 39.3 Å². The standard InChI is InChI=1S/C12H23N3O2/c1-10-7-15(8-11(2)17-10)12(16)9-14-5-3-13-4-6-14/h10-11,13H,3-9H2,1-2H3/t10-,11+. The molecular weight excluding hydrogens is 218 g/mol. The van der Waals surface area contributed by atoms with Crippen LogP contribution in [-0.4, -0.2) is 73.7 Å². The Balaban J connectivity index is 1.81. The van der Waals surface area contributed by atoms with E-state index in [2.05, 4.69) is 10.2 Å². The second-order valence-corrected chi connectivity index (χ2v) is 5.08. The summed E-state index contributed by atoms with van der Waals surface area (Å²) < 4.78 is 5.64. The van der Waals surface area contributed by atoms with Gasteiger partial charge >= 0.3 is 0 Å². The molecular formula is C12H23N3O2. The van der Waals surface area contributed by atoms with E-state index in [-0.39, 0.29) is 18.1 Å². The van der Waals surface area contributed by atoms with Crippen molar-refractivity contribution >= 4 is 5.91 Å². The molecule has 0 aliphatic carbocycles. The molecule has 2 atom stereocenters. The van der Waals surface area contributed by atoms with Crippen molar-refractivity contribution in [3.63, 3.8) is 0 Å². The van der Waals surface area contributed by atoms with E-state index >= 15 is 0 Å². The van der Waals surface area contributed by atoms with Crippen LogP contribution in [0.4, 0.5) is 0 Å². The number of ether oxygens (including phenoxy) is 1. The van der Waals surface area contributed by atoms with Crippen molar-refractivity contribution in [1.29, 1.82) is 0 Å². The van der Waals surface area contributed by atoms with Gasteiger partial charge in [0.15, 0.2) is 0 Å². The van der Waals surface area contributed by atoms with Gasteiger partial charge in [0.2, 0.25) is 5.91 Å². The minimum Gasteiger partial charge on any atom is -0.372 e. The summed E-state index contributed by atoms with van der Waals surface area (Å²) >= 11 is 0. The molecule has 0 aromatic carbocycles. The first kappa shape index (κ1) is 12.8. The third kappa shape index (κ3) is 3.66. The van der Waals surface area contributed by atoms with Crippen LogP contribution in [-0.2, 0) is 9.53 Å². The summed E-state index contributed by atoms with van der Waals surface area (Å²) in [7, 11) is 0. The normalized spacial score (nSPS) is 31.5. The first-order chi connectivity index (χ1) is 8.15. The highest BCUT2D eigenvalue weighted by Gasteiger charge is 2.26. The van der Waals surface area contributed by atoms with Gasteiger partial charge in [0.05, 0.1) is 18.8 Å². The van der Waals surface area contributed by atoms with E-state index in [0.29, 0.717) is 6.54 Å². The van der Waals surface area contributed by atoms with E-state index in [0.717, 1.165) is 39.3 Å². The Bertz CT molecular complexity index is 256. The number of nitrogens with one attached hydrogen (secondary N) is 1. The second-order valence-electron chi connectivity index (χ2n) is 5.08. The van der Waals surface area contributed by atoms with Crippen molar-refractivity contribution in [2.45, 2.75) is 26.1 Å². The van der Waals surface area contributed by atoms with Crippen LogP contribution in [0, 0.1) is 0 Å². The molecule has 2 aliphatic rings. The molecule has 5 nitrogen and oxygen atoms in total. The maximum absolute atomic E-state index is 12.2. The molecule has 1 N–H and O–H groups in total. The van der Waals surface area contributed by atoms with E-state index in [1.165, 1.54) is 0 Å². The largest absolute Gasteiger partial charge is 0.372 e. The van der Waals surface area contributed by atoms with Crippen LogP contribution in [0.5, 0.6) is 0 Å². The highest BCUT2D eigenvalue weighted by Crippen LogP contribution is 2.11. The monoisotopic (exact) mass is 241 g/mol. The number of rotatable bonds is 2. The molecule has 2 rings (SSSR count). The lowest BCUT2D eigenvalue weighted by atomic mass is 10.2. The molecule has 5 heteroatoms. The average Bonchev–Trinajstić information content (AvgIpc) is 2.29. The molecule has 0 radical (unpaired) electrons. The number of nitrogens with zero attached hydrogens (tertiary/aromatic N) is 2. The molecule has 2 aliphatic heterocycles. The van der Waals surface area contributed by atoms with E-state index in [4.69, 9.17) is 4.74 Å². The lowest BCUT2D eigenvalue weighted by Crippen LogP contribution is -2.53. The Kier molecular flexibility index (Phi) is 4.36. The zero-order chi connectivity index (χ0) is 12.3. The minimum absolute atomic E-state index is 0.158. The van der Waals surface area contributed by atoms with Gasteiger partial charge < -0.3 is 15.0 Å². The number of hydrogen-bond donors (Lipinski definition) is 1. The minimum atomic E-state index is 0.158. The van der Waals surface area contributed by atoms with Gasteiger partial charge in [0.1, 0.15) is 0 Å². The summed E-state index contributed by atoms with van der Waals surface area (Å²) in [5.41, 5.74) is 0. The van der Waals surface area contributed by atoms with Crippen LogP contribution in [0.3, 0.4) is 0 Å². The number of carbonyl (C=O) groups is 1. The van der Waals surface area contributed by atoms with Gasteiger partial charge in [-0.3, -0.25) is 9.69 Å². The SMILES string of the molecule is C[C@@H]1CN(C(=O)CN2CCNCC2)C[C@H](C)O1. The Hall–Kier alpha value is -0.650. The molecule has 98 valence electrons. The van der Waals surface area contributed by atoms with Gasteiger partial charge in [-0.1, -0.05) is 0 Å². The number of amides is 1. The molecule has 2 saturated heterocycles. The first-order valence-electron chi connectivity index (χ1n) is 6.51. The van der Waals surface area contributed by atoms with Crippen LogP contribution >= 0.6 is 0 Å². The highest BCUT2D eigenvalue weighted by atomic mass is 16.5. The summed E-state index contributed by atoms with van der Waals surface area (Å²) in [4.78, 5) is 16.3. The van der Waals surface area contributed by atoms with Gasteiger partial charge in [0.25, 0.3) is 0 Å². The zero-order valence-corrected chi connectivity index (χ0v) is 10.8. The molecule has 2 fully saturated rings. The zero-order valence-electron chi connectivity index (χ0n) is 10.8.